The van der Waals surface area contributed by atoms with Crippen LogP contribution in [0.4, 0.5) is 0 Å². The van der Waals surface area contributed by atoms with Gasteiger partial charge in [0.15, 0.2) is 18.0 Å². The third-order valence-electron chi connectivity index (χ3n) is 4.28. The van der Waals surface area contributed by atoms with Gasteiger partial charge in [0.2, 0.25) is 12.3 Å². The van der Waals surface area contributed by atoms with Crippen molar-refractivity contribution in [1.29, 1.82) is 0 Å². The molecule has 0 aliphatic carbocycles. The lowest BCUT2D eigenvalue weighted by Crippen LogP contribution is -2.36. The molecule has 2 heterocycles. The topological polar surface area (TPSA) is 79.5 Å². The summed E-state index contributed by atoms with van der Waals surface area (Å²) in [4.78, 5) is 0. The smallest absolute Gasteiger partial charge is 0.262 e. The summed E-state index contributed by atoms with van der Waals surface area (Å²) in [5.74, 6) is 1.03. The summed E-state index contributed by atoms with van der Waals surface area (Å²) in [6, 6.07) is 11.3. The number of aryl methyl sites for hydroxylation is 1. The summed E-state index contributed by atoms with van der Waals surface area (Å²) in [6.07, 6.45) is 4.15. The minimum Gasteiger partial charge on any atom is -0.748 e. The molecule has 2 aromatic carbocycles. The van der Waals surface area contributed by atoms with Crippen LogP contribution in [0.25, 0.3) is 22.4 Å². The maximum Gasteiger partial charge on any atom is 0.262 e. The lowest BCUT2D eigenvalue weighted by molar-refractivity contribution is -0.668. The highest BCUT2D eigenvalue weighted by Gasteiger charge is 2.19. The SMILES string of the molecule is O=S(=O)([O-])CCC[n+]1c(/C=C/c2ccc3c(c2)OCO3)sc2ccc(Cl)cc21. The molecule has 6 nitrogen and oxygen atoms in total. The molecule has 1 aromatic heterocycles. The van der Waals surface area contributed by atoms with Crippen LogP contribution >= 0.6 is 22.9 Å². The van der Waals surface area contributed by atoms with Gasteiger partial charge in [-0.15, -0.1) is 0 Å². The van der Waals surface area contributed by atoms with Crippen LogP contribution in [0, 0.1) is 0 Å². The van der Waals surface area contributed by atoms with Crippen molar-refractivity contribution in [3.63, 3.8) is 0 Å². The lowest BCUT2D eigenvalue weighted by Gasteiger charge is -2.04. The fourth-order valence-electron chi connectivity index (χ4n) is 3.01. The highest BCUT2D eigenvalue weighted by molar-refractivity contribution is 7.85. The minimum absolute atomic E-state index is 0.224. The molecule has 146 valence electrons. The number of aromatic nitrogens is 1. The van der Waals surface area contributed by atoms with E-state index in [0.717, 1.165) is 26.5 Å². The molecule has 0 radical (unpaired) electrons. The summed E-state index contributed by atoms with van der Waals surface area (Å²) < 4.78 is 46.6. The number of ether oxygens (including phenoxy) is 2. The second-order valence-corrected chi connectivity index (χ2v) is 9.29. The van der Waals surface area contributed by atoms with Gasteiger partial charge in [-0.2, -0.15) is 4.57 Å². The molecule has 0 saturated carbocycles. The van der Waals surface area contributed by atoms with Crippen molar-refractivity contribution < 1.29 is 27.0 Å². The van der Waals surface area contributed by atoms with Gasteiger partial charge in [-0.3, -0.25) is 0 Å². The maximum atomic E-state index is 10.9. The maximum absolute atomic E-state index is 10.9. The van der Waals surface area contributed by atoms with Crippen molar-refractivity contribution in [3.05, 3.63) is 52.0 Å². The minimum atomic E-state index is -4.24. The van der Waals surface area contributed by atoms with E-state index >= 15 is 0 Å². The van der Waals surface area contributed by atoms with Gasteiger partial charge in [-0.05, 0) is 35.9 Å². The first kappa shape index (κ1) is 19.2. The van der Waals surface area contributed by atoms with Crippen LogP contribution in [0.15, 0.2) is 36.4 Å². The molecule has 0 bridgehead atoms. The Morgan fingerprint density at radius 1 is 1.14 bits per heavy atom. The molecule has 1 aliphatic rings. The first-order valence-electron chi connectivity index (χ1n) is 8.52. The Bertz CT molecular complexity index is 1170. The van der Waals surface area contributed by atoms with E-state index in [9.17, 15) is 13.0 Å². The lowest BCUT2D eigenvalue weighted by atomic mass is 10.2. The molecule has 0 atom stereocenters. The summed E-state index contributed by atoms with van der Waals surface area (Å²) in [7, 11) is -4.24. The zero-order valence-corrected chi connectivity index (χ0v) is 17.0. The molecule has 3 aromatic rings. The van der Waals surface area contributed by atoms with Crippen LogP contribution in [0.2, 0.25) is 5.02 Å². The zero-order chi connectivity index (χ0) is 19.7. The van der Waals surface area contributed by atoms with Crippen LogP contribution < -0.4 is 14.0 Å². The monoisotopic (exact) mass is 437 g/mol. The molecule has 0 fully saturated rings. The summed E-state index contributed by atoms with van der Waals surface area (Å²) in [6.45, 7) is 0.630. The Kier molecular flexibility index (Phi) is 5.29. The predicted molar refractivity (Wildman–Crippen MR) is 108 cm³/mol. The molecule has 4 rings (SSSR count). The quantitative estimate of drug-likeness (QED) is 0.434. The van der Waals surface area contributed by atoms with Gasteiger partial charge >= 0.3 is 0 Å². The average Bonchev–Trinajstić information content (AvgIpc) is 3.23. The number of thiazole rings is 1. The van der Waals surface area contributed by atoms with Gasteiger partial charge in [0.05, 0.1) is 10.1 Å². The molecular formula is C19H16ClNO5S2. The van der Waals surface area contributed by atoms with Gasteiger partial charge in [0.25, 0.3) is 5.01 Å². The zero-order valence-electron chi connectivity index (χ0n) is 14.6. The summed E-state index contributed by atoms with van der Waals surface area (Å²) in [5, 5.41) is 1.53. The van der Waals surface area contributed by atoms with Crippen LogP contribution in [-0.4, -0.2) is 25.5 Å². The summed E-state index contributed by atoms with van der Waals surface area (Å²) in [5.41, 5.74) is 1.86. The normalized spacial score (nSPS) is 13.6. The van der Waals surface area contributed by atoms with E-state index in [-0.39, 0.29) is 13.2 Å². The van der Waals surface area contributed by atoms with E-state index in [2.05, 4.69) is 0 Å². The number of hydrogen-bond acceptors (Lipinski definition) is 6. The average molecular weight is 438 g/mol. The number of benzene rings is 2. The first-order valence-corrected chi connectivity index (χ1v) is 11.3. The number of rotatable bonds is 6. The largest absolute Gasteiger partial charge is 0.748 e. The van der Waals surface area contributed by atoms with Gasteiger partial charge in [-0.1, -0.05) is 29.0 Å². The molecule has 9 heteroatoms. The van der Waals surface area contributed by atoms with Crippen molar-refractivity contribution in [1.82, 2.24) is 0 Å². The number of nitrogens with zero attached hydrogens (tertiary/aromatic N) is 1. The molecule has 1 aliphatic heterocycles. The summed E-state index contributed by atoms with van der Waals surface area (Å²) >= 11 is 7.70. The van der Waals surface area contributed by atoms with E-state index in [1.165, 1.54) is 0 Å². The second kappa shape index (κ2) is 7.71. The highest BCUT2D eigenvalue weighted by Crippen LogP contribution is 2.33. The number of hydrogen-bond donors (Lipinski definition) is 0. The molecule has 0 N–H and O–H groups in total. The standard InChI is InChI=1S/C19H16ClNO5S2/c20-14-4-6-18-15(11-14)21(8-1-9-28(22,23)24)19(27-18)7-3-13-2-5-16-17(10-13)26-12-25-16/h2-7,10-11H,1,8-9,12H2/b7-3+. The van der Waals surface area contributed by atoms with Crippen molar-refractivity contribution in [2.45, 2.75) is 13.0 Å². The Labute approximate surface area is 171 Å². The van der Waals surface area contributed by atoms with Gasteiger partial charge in [0, 0.05) is 29.3 Å². The molecular weight excluding hydrogens is 422 g/mol. The van der Waals surface area contributed by atoms with Gasteiger partial charge < -0.3 is 14.0 Å². The predicted octanol–water partition coefficient (Wildman–Crippen LogP) is 3.68. The van der Waals surface area contributed by atoms with Crippen LogP contribution in [0.1, 0.15) is 17.0 Å². The molecule has 0 saturated heterocycles. The highest BCUT2D eigenvalue weighted by atomic mass is 35.5. The number of halogens is 1. The van der Waals surface area contributed by atoms with E-state index in [1.54, 1.807) is 11.3 Å². The molecule has 0 spiro atoms. The van der Waals surface area contributed by atoms with E-state index in [4.69, 9.17) is 21.1 Å². The van der Waals surface area contributed by atoms with Gasteiger partial charge in [0.1, 0.15) is 4.70 Å². The van der Waals surface area contributed by atoms with Gasteiger partial charge in [-0.25, -0.2) is 8.42 Å². The van der Waals surface area contributed by atoms with Crippen LogP contribution in [-0.2, 0) is 16.7 Å². The van der Waals surface area contributed by atoms with Crippen LogP contribution in [0.5, 0.6) is 11.5 Å². The third-order valence-corrected chi connectivity index (χ3v) is 6.44. The third kappa shape index (κ3) is 4.30. The van der Waals surface area contributed by atoms with Crippen molar-refractivity contribution in [2.75, 3.05) is 12.5 Å². The van der Waals surface area contributed by atoms with E-state index in [0.29, 0.717) is 17.3 Å². The second-order valence-electron chi connectivity index (χ2n) is 6.27. The Morgan fingerprint density at radius 2 is 1.96 bits per heavy atom. The first-order chi connectivity index (χ1) is 13.4. The fourth-order valence-corrected chi connectivity index (χ4v) is 4.73. The number of fused-ring (bicyclic) bond motifs is 2. The van der Waals surface area contributed by atoms with Crippen LogP contribution in [0.3, 0.4) is 0 Å². The van der Waals surface area contributed by atoms with Crippen molar-refractivity contribution >= 4 is 55.4 Å². The Balaban J connectivity index is 1.66. The Morgan fingerprint density at radius 3 is 2.79 bits per heavy atom. The fraction of sp³-hybridized carbons (Fsp3) is 0.211. The Hall–Kier alpha value is -2.13. The molecule has 28 heavy (non-hydrogen) atoms. The van der Waals surface area contributed by atoms with Crippen molar-refractivity contribution in [2.24, 2.45) is 0 Å². The van der Waals surface area contributed by atoms with E-state index in [1.807, 2.05) is 53.1 Å². The van der Waals surface area contributed by atoms with Crippen molar-refractivity contribution in [3.8, 4) is 11.5 Å². The molecule has 0 unspecified atom stereocenters. The molecule has 0 amide bonds. The van der Waals surface area contributed by atoms with E-state index < -0.39 is 15.9 Å².